The fourth-order valence-electron chi connectivity index (χ4n) is 1.56. The van der Waals surface area contributed by atoms with Gasteiger partial charge in [-0.15, -0.1) is 0 Å². The van der Waals surface area contributed by atoms with Crippen molar-refractivity contribution in [3.05, 3.63) is 38.3 Å². The van der Waals surface area contributed by atoms with E-state index in [-0.39, 0.29) is 24.5 Å². The van der Waals surface area contributed by atoms with Crippen LogP contribution in [0, 0.1) is 17.0 Å². The van der Waals surface area contributed by atoms with Crippen molar-refractivity contribution in [2.24, 2.45) is 0 Å². The number of ether oxygens (including phenoxy) is 1. The van der Waals surface area contributed by atoms with Gasteiger partial charge in [0, 0.05) is 12.1 Å². The number of pyridine rings is 1. The molecule has 1 aromatic rings. The van der Waals surface area contributed by atoms with Crippen molar-refractivity contribution in [3.8, 4) is 0 Å². The molecule has 1 heterocycles. The Balaban J connectivity index is 2.89. The van der Waals surface area contributed by atoms with Crippen LogP contribution in [0.15, 0.2) is 16.9 Å². The van der Waals surface area contributed by atoms with Gasteiger partial charge in [-0.2, -0.15) is 0 Å². The average molecular weight is 268 g/mol. The van der Waals surface area contributed by atoms with E-state index in [2.05, 4.69) is 0 Å². The van der Waals surface area contributed by atoms with Crippen LogP contribution in [0.4, 0.5) is 5.69 Å². The summed E-state index contributed by atoms with van der Waals surface area (Å²) in [6.45, 7) is 3.37. The standard InChI is InChI=1S/C12H16N2O5/c1-3-4-7-19-12(16)8-13-9(2)10(14(17)18)5-6-11(13)15/h5-6H,3-4,7-8H2,1-2H3. The SMILES string of the molecule is CCCCOC(=O)Cn1c(C)c([N+](=O)[O-])ccc1=O. The monoisotopic (exact) mass is 268 g/mol. The number of nitrogens with zero attached hydrogens (tertiary/aromatic N) is 2. The Bertz CT molecular complexity index is 535. The highest BCUT2D eigenvalue weighted by Gasteiger charge is 2.17. The van der Waals surface area contributed by atoms with E-state index in [1.807, 2.05) is 6.92 Å². The number of nitro groups is 1. The first kappa shape index (κ1) is 14.9. The van der Waals surface area contributed by atoms with Gasteiger partial charge in [0.1, 0.15) is 6.54 Å². The largest absolute Gasteiger partial charge is 0.464 e. The molecular formula is C12H16N2O5. The van der Waals surface area contributed by atoms with E-state index in [9.17, 15) is 19.7 Å². The van der Waals surface area contributed by atoms with Gasteiger partial charge in [-0.1, -0.05) is 13.3 Å². The minimum atomic E-state index is -0.590. The van der Waals surface area contributed by atoms with Crippen molar-refractivity contribution in [1.29, 1.82) is 0 Å². The Morgan fingerprint density at radius 3 is 2.74 bits per heavy atom. The highest BCUT2D eigenvalue weighted by molar-refractivity contribution is 5.69. The summed E-state index contributed by atoms with van der Waals surface area (Å²) in [5.74, 6) is -0.570. The molecule has 19 heavy (non-hydrogen) atoms. The van der Waals surface area contributed by atoms with Gasteiger partial charge in [-0.25, -0.2) is 0 Å². The van der Waals surface area contributed by atoms with E-state index >= 15 is 0 Å². The lowest BCUT2D eigenvalue weighted by atomic mass is 10.3. The quantitative estimate of drug-likeness (QED) is 0.336. The van der Waals surface area contributed by atoms with E-state index in [0.717, 1.165) is 29.5 Å². The smallest absolute Gasteiger partial charge is 0.326 e. The summed E-state index contributed by atoms with van der Waals surface area (Å²) < 4.78 is 5.98. The van der Waals surface area contributed by atoms with E-state index in [4.69, 9.17) is 4.74 Å². The molecule has 0 amide bonds. The number of esters is 1. The van der Waals surface area contributed by atoms with Gasteiger partial charge in [0.2, 0.25) is 0 Å². The molecule has 0 radical (unpaired) electrons. The third kappa shape index (κ3) is 3.90. The molecule has 0 spiro atoms. The summed E-state index contributed by atoms with van der Waals surface area (Å²) in [5.41, 5.74) is -0.513. The predicted molar refractivity (Wildman–Crippen MR) is 68.0 cm³/mol. The topological polar surface area (TPSA) is 91.4 Å². The number of hydrogen-bond donors (Lipinski definition) is 0. The second-order valence-corrected chi connectivity index (χ2v) is 4.06. The van der Waals surface area contributed by atoms with Crippen molar-refractivity contribution >= 4 is 11.7 Å². The minimum Gasteiger partial charge on any atom is -0.464 e. The molecule has 0 fully saturated rings. The molecule has 104 valence electrons. The number of rotatable bonds is 6. The fraction of sp³-hybridized carbons (Fsp3) is 0.500. The van der Waals surface area contributed by atoms with Crippen LogP contribution in [0.25, 0.3) is 0 Å². The van der Waals surface area contributed by atoms with Gasteiger partial charge in [0.05, 0.1) is 17.2 Å². The molecule has 0 aliphatic rings. The summed E-state index contributed by atoms with van der Waals surface area (Å²) in [6.07, 6.45) is 1.64. The highest BCUT2D eigenvalue weighted by Crippen LogP contribution is 2.14. The van der Waals surface area contributed by atoms with Gasteiger partial charge < -0.3 is 4.74 Å². The molecule has 0 aliphatic carbocycles. The lowest BCUT2D eigenvalue weighted by Crippen LogP contribution is -2.27. The van der Waals surface area contributed by atoms with Crippen molar-refractivity contribution in [2.45, 2.75) is 33.2 Å². The van der Waals surface area contributed by atoms with E-state index < -0.39 is 16.5 Å². The first-order chi connectivity index (χ1) is 8.97. The van der Waals surface area contributed by atoms with Crippen molar-refractivity contribution in [1.82, 2.24) is 4.57 Å². The van der Waals surface area contributed by atoms with Crippen LogP contribution < -0.4 is 5.56 Å². The molecule has 0 atom stereocenters. The van der Waals surface area contributed by atoms with Crippen molar-refractivity contribution in [2.75, 3.05) is 6.61 Å². The van der Waals surface area contributed by atoms with Gasteiger partial charge in [0.25, 0.3) is 11.2 Å². The summed E-state index contributed by atoms with van der Waals surface area (Å²) in [5, 5.41) is 10.8. The van der Waals surface area contributed by atoms with Crippen LogP contribution in [0.2, 0.25) is 0 Å². The molecular weight excluding hydrogens is 252 g/mol. The molecule has 0 bridgehead atoms. The number of aromatic nitrogens is 1. The van der Waals surface area contributed by atoms with Crippen molar-refractivity contribution < 1.29 is 14.5 Å². The van der Waals surface area contributed by atoms with Crippen LogP contribution in [-0.4, -0.2) is 22.1 Å². The van der Waals surface area contributed by atoms with Crippen molar-refractivity contribution in [3.63, 3.8) is 0 Å². The third-order valence-corrected chi connectivity index (χ3v) is 2.67. The maximum Gasteiger partial charge on any atom is 0.326 e. The molecule has 7 heteroatoms. The molecule has 1 aromatic heterocycles. The molecule has 0 saturated carbocycles. The van der Waals surface area contributed by atoms with Gasteiger partial charge in [-0.05, 0) is 13.3 Å². The summed E-state index contributed by atoms with van der Waals surface area (Å²) in [4.78, 5) is 33.3. The number of hydrogen-bond acceptors (Lipinski definition) is 5. The Kier molecular flexibility index (Phi) is 5.23. The lowest BCUT2D eigenvalue weighted by Gasteiger charge is -2.09. The molecule has 0 N–H and O–H groups in total. The second kappa shape index (κ2) is 6.67. The maximum absolute atomic E-state index is 11.6. The minimum absolute atomic E-state index is 0.143. The van der Waals surface area contributed by atoms with Crippen LogP contribution in [0.3, 0.4) is 0 Å². The van der Waals surface area contributed by atoms with E-state index in [0.29, 0.717) is 0 Å². The number of carbonyl (C=O) groups excluding carboxylic acids is 1. The summed E-state index contributed by atoms with van der Waals surface area (Å²) >= 11 is 0. The summed E-state index contributed by atoms with van der Waals surface area (Å²) in [6, 6.07) is 2.21. The zero-order valence-electron chi connectivity index (χ0n) is 10.9. The molecule has 0 aromatic carbocycles. The first-order valence-electron chi connectivity index (χ1n) is 5.97. The Morgan fingerprint density at radius 2 is 2.16 bits per heavy atom. The second-order valence-electron chi connectivity index (χ2n) is 4.06. The third-order valence-electron chi connectivity index (χ3n) is 2.67. The molecule has 1 rings (SSSR count). The van der Waals surface area contributed by atoms with Gasteiger partial charge >= 0.3 is 5.97 Å². The normalized spacial score (nSPS) is 10.2. The zero-order chi connectivity index (χ0) is 14.4. The average Bonchev–Trinajstić information content (AvgIpc) is 2.34. The Hall–Kier alpha value is -2.18. The molecule has 0 saturated heterocycles. The number of unbranched alkanes of at least 4 members (excludes halogenated alkanes) is 1. The van der Waals surface area contributed by atoms with Crippen LogP contribution >= 0.6 is 0 Å². The van der Waals surface area contributed by atoms with E-state index in [1.165, 1.54) is 6.92 Å². The molecule has 0 aliphatic heterocycles. The van der Waals surface area contributed by atoms with Gasteiger partial charge in [-0.3, -0.25) is 24.3 Å². The number of carbonyl (C=O) groups is 1. The predicted octanol–water partition coefficient (Wildman–Crippen LogP) is 1.41. The first-order valence-corrected chi connectivity index (χ1v) is 5.97. The van der Waals surface area contributed by atoms with E-state index in [1.54, 1.807) is 0 Å². The fourth-order valence-corrected chi connectivity index (χ4v) is 1.56. The Labute approximate surface area is 110 Å². The maximum atomic E-state index is 11.6. The van der Waals surface area contributed by atoms with Crippen LogP contribution in [0.1, 0.15) is 25.5 Å². The van der Waals surface area contributed by atoms with Crippen LogP contribution in [-0.2, 0) is 16.1 Å². The zero-order valence-corrected chi connectivity index (χ0v) is 10.9. The molecule has 7 nitrogen and oxygen atoms in total. The van der Waals surface area contributed by atoms with Crippen LogP contribution in [0.5, 0.6) is 0 Å². The Morgan fingerprint density at radius 1 is 1.47 bits per heavy atom. The highest BCUT2D eigenvalue weighted by atomic mass is 16.6. The molecule has 0 unspecified atom stereocenters. The van der Waals surface area contributed by atoms with Gasteiger partial charge in [0.15, 0.2) is 0 Å². The summed E-state index contributed by atoms with van der Waals surface area (Å²) in [7, 11) is 0. The lowest BCUT2D eigenvalue weighted by molar-refractivity contribution is -0.386.